The van der Waals surface area contributed by atoms with E-state index < -0.39 is 0 Å². The van der Waals surface area contributed by atoms with Gasteiger partial charge >= 0.3 is 0 Å². The van der Waals surface area contributed by atoms with E-state index in [2.05, 4.69) is 31.1 Å². The topological polar surface area (TPSA) is 72.0 Å². The summed E-state index contributed by atoms with van der Waals surface area (Å²) in [6.07, 6.45) is 0.401. The molecule has 8 heteroatoms. The largest absolute Gasteiger partial charge is 0.508 e. The molecule has 0 fully saturated rings. The van der Waals surface area contributed by atoms with E-state index in [0.29, 0.717) is 28.2 Å². The van der Waals surface area contributed by atoms with Gasteiger partial charge in [0.15, 0.2) is 5.01 Å². The summed E-state index contributed by atoms with van der Waals surface area (Å²) in [5.74, 6) is 1.02. The summed E-state index contributed by atoms with van der Waals surface area (Å²) in [4.78, 5) is 8.50. The minimum Gasteiger partial charge on any atom is -0.508 e. The Kier molecular flexibility index (Phi) is 3.73. The predicted octanol–water partition coefficient (Wildman–Crippen LogP) is 3.91. The fourth-order valence-corrected chi connectivity index (χ4v) is 3.03. The number of phenolic OH excluding ortho intramolecular Hbond substituents is 1. The number of hydrogen-bond donors (Lipinski definition) is 1. The SMILES string of the molecule is Oc1ccc(Cc2nc(-c3nc(Br)cs3)no2)c(Cl)c1. The molecule has 0 saturated heterocycles. The lowest BCUT2D eigenvalue weighted by molar-refractivity contribution is 0.385. The molecule has 102 valence electrons. The molecule has 2 heterocycles. The normalized spacial score (nSPS) is 10.9. The molecule has 0 aliphatic carbocycles. The van der Waals surface area contributed by atoms with Crippen LogP contribution in [0.2, 0.25) is 5.02 Å². The molecule has 3 rings (SSSR count). The highest BCUT2D eigenvalue weighted by molar-refractivity contribution is 9.10. The number of aromatic hydroxyl groups is 1. The monoisotopic (exact) mass is 371 g/mol. The summed E-state index contributed by atoms with van der Waals surface area (Å²) < 4.78 is 5.93. The van der Waals surface area contributed by atoms with E-state index in [4.69, 9.17) is 16.1 Å². The Balaban J connectivity index is 1.84. The first-order valence-corrected chi connectivity index (χ1v) is 7.58. The molecule has 0 aliphatic rings. The van der Waals surface area contributed by atoms with Crippen LogP contribution >= 0.6 is 38.9 Å². The number of benzene rings is 1. The maximum Gasteiger partial charge on any atom is 0.231 e. The number of nitrogens with zero attached hydrogens (tertiary/aromatic N) is 3. The van der Waals surface area contributed by atoms with Crippen molar-refractivity contribution in [1.29, 1.82) is 0 Å². The molecule has 0 saturated carbocycles. The molecule has 20 heavy (non-hydrogen) atoms. The van der Waals surface area contributed by atoms with Gasteiger partial charge in [-0.05, 0) is 33.6 Å². The average Bonchev–Trinajstić information content (AvgIpc) is 3.02. The van der Waals surface area contributed by atoms with Crippen LogP contribution < -0.4 is 0 Å². The van der Waals surface area contributed by atoms with Gasteiger partial charge < -0.3 is 9.63 Å². The second-order valence-electron chi connectivity index (χ2n) is 3.94. The Morgan fingerprint density at radius 2 is 2.20 bits per heavy atom. The molecule has 0 aliphatic heterocycles. The Hall–Kier alpha value is -1.44. The molecule has 0 bridgehead atoms. The molecule has 0 unspecified atom stereocenters. The maximum absolute atomic E-state index is 9.31. The third-order valence-corrected chi connectivity index (χ3v) is 4.41. The third kappa shape index (κ3) is 2.84. The van der Waals surface area contributed by atoms with Crippen LogP contribution in [0.1, 0.15) is 11.5 Å². The van der Waals surface area contributed by atoms with Crippen LogP contribution in [0, 0.1) is 0 Å². The minimum atomic E-state index is 0.123. The summed E-state index contributed by atoms with van der Waals surface area (Å²) in [6, 6.07) is 4.77. The van der Waals surface area contributed by atoms with Gasteiger partial charge in [-0.25, -0.2) is 4.98 Å². The van der Waals surface area contributed by atoms with E-state index in [1.807, 2.05) is 5.38 Å². The van der Waals surface area contributed by atoms with Crippen molar-refractivity contribution < 1.29 is 9.63 Å². The van der Waals surface area contributed by atoms with E-state index in [1.54, 1.807) is 12.1 Å². The van der Waals surface area contributed by atoms with Gasteiger partial charge in [0.25, 0.3) is 0 Å². The second kappa shape index (κ2) is 5.51. The van der Waals surface area contributed by atoms with Crippen LogP contribution in [0.15, 0.2) is 32.7 Å². The second-order valence-corrected chi connectivity index (χ2v) is 6.02. The van der Waals surface area contributed by atoms with Gasteiger partial charge in [-0.15, -0.1) is 11.3 Å². The first-order chi connectivity index (χ1) is 9.61. The standard InChI is InChI=1S/C12H7BrClN3O2S/c13-9-5-20-12(15-9)11-16-10(19-17-11)3-6-1-2-7(18)4-8(6)14/h1-2,4-5,18H,3H2. The van der Waals surface area contributed by atoms with Gasteiger partial charge in [0, 0.05) is 10.4 Å². The highest BCUT2D eigenvalue weighted by Crippen LogP contribution is 2.26. The fraction of sp³-hybridized carbons (Fsp3) is 0.0833. The van der Waals surface area contributed by atoms with Crippen LogP contribution in [0.25, 0.3) is 10.8 Å². The van der Waals surface area contributed by atoms with Crippen molar-refractivity contribution in [2.75, 3.05) is 0 Å². The molecule has 3 aromatic rings. The molecule has 1 aromatic carbocycles. The molecule has 1 N–H and O–H groups in total. The molecular formula is C12H7BrClN3O2S. The molecule has 0 atom stereocenters. The summed E-state index contributed by atoms with van der Waals surface area (Å²) >= 11 is 10.7. The number of aromatic nitrogens is 3. The lowest BCUT2D eigenvalue weighted by atomic mass is 10.1. The van der Waals surface area contributed by atoms with Crippen molar-refractivity contribution in [3.63, 3.8) is 0 Å². The quantitative estimate of drug-likeness (QED) is 0.755. The van der Waals surface area contributed by atoms with E-state index in [1.165, 1.54) is 17.4 Å². The summed E-state index contributed by atoms with van der Waals surface area (Å²) in [6.45, 7) is 0. The first kappa shape index (κ1) is 13.5. The minimum absolute atomic E-state index is 0.123. The zero-order chi connectivity index (χ0) is 14.1. The van der Waals surface area contributed by atoms with Crippen molar-refractivity contribution in [2.45, 2.75) is 6.42 Å². The first-order valence-electron chi connectivity index (χ1n) is 5.53. The van der Waals surface area contributed by atoms with Gasteiger partial charge in [-0.1, -0.05) is 22.8 Å². The van der Waals surface area contributed by atoms with Crippen LogP contribution in [-0.4, -0.2) is 20.2 Å². The molecule has 0 amide bonds. The van der Waals surface area contributed by atoms with Crippen molar-refractivity contribution in [2.24, 2.45) is 0 Å². The zero-order valence-corrected chi connectivity index (χ0v) is 13.0. The average molecular weight is 373 g/mol. The Labute approximate surface area is 131 Å². The van der Waals surface area contributed by atoms with E-state index in [-0.39, 0.29) is 5.75 Å². The van der Waals surface area contributed by atoms with Gasteiger partial charge in [-0.2, -0.15) is 4.98 Å². The smallest absolute Gasteiger partial charge is 0.231 e. The lowest BCUT2D eigenvalue weighted by Gasteiger charge is -2.00. The third-order valence-electron chi connectivity index (χ3n) is 2.51. The van der Waals surface area contributed by atoms with Crippen molar-refractivity contribution in [3.05, 3.63) is 44.7 Å². The van der Waals surface area contributed by atoms with E-state index in [9.17, 15) is 5.11 Å². The van der Waals surface area contributed by atoms with Gasteiger partial charge in [-0.3, -0.25) is 0 Å². The van der Waals surface area contributed by atoms with Crippen molar-refractivity contribution in [3.8, 4) is 16.6 Å². The van der Waals surface area contributed by atoms with Crippen molar-refractivity contribution in [1.82, 2.24) is 15.1 Å². The summed E-state index contributed by atoms with van der Waals surface area (Å²) in [7, 11) is 0. The lowest BCUT2D eigenvalue weighted by Crippen LogP contribution is -1.89. The van der Waals surface area contributed by atoms with Crippen LogP contribution in [0.4, 0.5) is 0 Å². The summed E-state index contributed by atoms with van der Waals surface area (Å²) in [5, 5.41) is 16.2. The number of hydrogen-bond acceptors (Lipinski definition) is 6. The molecule has 0 spiro atoms. The number of phenols is 1. The molecular weight excluding hydrogens is 366 g/mol. The van der Waals surface area contributed by atoms with E-state index >= 15 is 0 Å². The Bertz CT molecular complexity index is 759. The molecule has 2 aromatic heterocycles. The highest BCUT2D eigenvalue weighted by atomic mass is 79.9. The molecule has 5 nitrogen and oxygen atoms in total. The van der Waals surface area contributed by atoms with Gasteiger partial charge in [0.05, 0.1) is 6.42 Å². The van der Waals surface area contributed by atoms with Crippen LogP contribution in [-0.2, 0) is 6.42 Å². The fourth-order valence-electron chi connectivity index (χ4n) is 1.61. The number of rotatable bonds is 3. The Morgan fingerprint density at radius 1 is 1.35 bits per heavy atom. The maximum atomic E-state index is 9.31. The van der Waals surface area contributed by atoms with Gasteiger partial charge in [0.1, 0.15) is 10.4 Å². The highest BCUT2D eigenvalue weighted by Gasteiger charge is 2.13. The summed E-state index contributed by atoms with van der Waals surface area (Å²) in [5.41, 5.74) is 0.806. The predicted molar refractivity (Wildman–Crippen MR) is 79.0 cm³/mol. The van der Waals surface area contributed by atoms with Crippen molar-refractivity contribution >= 4 is 38.9 Å². The number of thiazole rings is 1. The van der Waals surface area contributed by atoms with Crippen LogP contribution in [0.3, 0.4) is 0 Å². The molecule has 0 radical (unpaired) electrons. The number of halogens is 2. The Morgan fingerprint density at radius 3 is 2.90 bits per heavy atom. The van der Waals surface area contributed by atoms with E-state index in [0.717, 1.165) is 10.2 Å². The zero-order valence-electron chi connectivity index (χ0n) is 9.88. The van der Waals surface area contributed by atoms with Crippen LogP contribution in [0.5, 0.6) is 5.75 Å². The van der Waals surface area contributed by atoms with Gasteiger partial charge in [0.2, 0.25) is 11.7 Å².